The van der Waals surface area contributed by atoms with Gasteiger partial charge in [0.25, 0.3) is 0 Å². The van der Waals surface area contributed by atoms with Gasteiger partial charge in [0.05, 0.1) is 5.39 Å². The molecule has 4 rings (SSSR count). The quantitative estimate of drug-likeness (QED) is 0.748. The van der Waals surface area contributed by atoms with Gasteiger partial charge >= 0.3 is 0 Å². The van der Waals surface area contributed by atoms with Crippen LogP contribution in [0.15, 0.2) is 30.3 Å². The molecule has 0 aliphatic carbocycles. The largest absolute Gasteiger partial charge is 0.354 e. The fraction of sp³-hybridized carbons (Fsp3) is 0.381. The fourth-order valence-electron chi connectivity index (χ4n) is 3.86. The lowest BCUT2D eigenvalue weighted by atomic mass is 10.0. The van der Waals surface area contributed by atoms with Crippen LogP contribution in [0.5, 0.6) is 0 Å². The second-order valence-corrected chi connectivity index (χ2v) is 7.32. The molecule has 1 atom stereocenters. The molecule has 0 radical (unpaired) electrons. The molecule has 1 aromatic carbocycles. The average molecular weight is 363 g/mol. The molecule has 0 unspecified atom stereocenters. The van der Waals surface area contributed by atoms with E-state index in [0.717, 1.165) is 59.9 Å². The number of carbonyl (C=O) groups excluding carboxylic acids is 1. The van der Waals surface area contributed by atoms with Gasteiger partial charge in [0.1, 0.15) is 11.5 Å². The number of hydrogen-bond donors (Lipinski definition) is 2. The number of hydrogen-bond acceptors (Lipinski definition) is 4. The smallest absolute Gasteiger partial charge is 0.217 e. The third kappa shape index (κ3) is 3.39. The first-order chi connectivity index (χ1) is 13.0. The number of benzene rings is 1. The molecule has 1 fully saturated rings. The highest BCUT2D eigenvalue weighted by molar-refractivity contribution is 5.93. The zero-order valence-corrected chi connectivity index (χ0v) is 16.0. The number of nitrogens with one attached hydrogen (secondary N) is 2. The van der Waals surface area contributed by atoms with Gasteiger partial charge < -0.3 is 15.2 Å². The SMILES string of the molecule is CC(=O)N[C@@H]1CCCN(c2nc(-c3ccccc3)nc3[nH]c(C)c(C)c23)C1. The van der Waals surface area contributed by atoms with Crippen LogP contribution in [0.25, 0.3) is 22.4 Å². The third-order valence-corrected chi connectivity index (χ3v) is 5.29. The molecule has 1 saturated heterocycles. The first-order valence-electron chi connectivity index (χ1n) is 9.47. The van der Waals surface area contributed by atoms with Gasteiger partial charge in [-0.15, -0.1) is 0 Å². The number of rotatable bonds is 3. The number of aromatic amines is 1. The van der Waals surface area contributed by atoms with Crippen molar-refractivity contribution in [2.24, 2.45) is 0 Å². The zero-order valence-electron chi connectivity index (χ0n) is 16.0. The first kappa shape index (κ1) is 17.5. The summed E-state index contributed by atoms with van der Waals surface area (Å²) in [5, 5.41) is 4.14. The summed E-state index contributed by atoms with van der Waals surface area (Å²) in [6.45, 7) is 7.45. The number of anilines is 1. The highest BCUT2D eigenvalue weighted by atomic mass is 16.1. The topological polar surface area (TPSA) is 73.9 Å². The number of piperidine rings is 1. The van der Waals surface area contributed by atoms with Crippen molar-refractivity contribution >= 4 is 22.8 Å². The molecule has 2 N–H and O–H groups in total. The lowest BCUT2D eigenvalue weighted by Crippen LogP contribution is -2.47. The molecule has 27 heavy (non-hydrogen) atoms. The summed E-state index contributed by atoms with van der Waals surface area (Å²) < 4.78 is 0. The van der Waals surface area contributed by atoms with Gasteiger partial charge in [-0.2, -0.15) is 0 Å². The Balaban J connectivity index is 1.81. The Morgan fingerprint density at radius 1 is 1.22 bits per heavy atom. The van der Waals surface area contributed by atoms with Crippen LogP contribution in [0.3, 0.4) is 0 Å². The van der Waals surface area contributed by atoms with Crippen LogP contribution in [-0.4, -0.2) is 40.0 Å². The Hall–Kier alpha value is -2.89. The predicted molar refractivity (Wildman–Crippen MR) is 108 cm³/mol. The van der Waals surface area contributed by atoms with Crippen LogP contribution in [0.4, 0.5) is 5.82 Å². The minimum absolute atomic E-state index is 0.0216. The second-order valence-electron chi connectivity index (χ2n) is 7.32. The minimum Gasteiger partial charge on any atom is -0.354 e. The molecule has 6 heteroatoms. The van der Waals surface area contributed by atoms with E-state index in [1.807, 2.05) is 30.3 Å². The van der Waals surface area contributed by atoms with Crippen molar-refractivity contribution in [3.8, 4) is 11.4 Å². The molecular formula is C21H25N5O. The van der Waals surface area contributed by atoms with Crippen LogP contribution >= 0.6 is 0 Å². The number of amides is 1. The van der Waals surface area contributed by atoms with Crippen molar-refractivity contribution in [2.75, 3.05) is 18.0 Å². The lowest BCUT2D eigenvalue weighted by molar-refractivity contribution is -0.119. The van der Waals surface area contributed by atoms with E-state index in [0.29, 0.717) is 0 Å². The Morgan fingerprint density at radius 2 is 2.00 bits per heavy atom. The highest BCUT2D eigenvalue weighted by Crippen LogP contribution is 2.32. The van der Waals surface area contributed by atoms with E-state index in [2.05, 4.69) is 29.0 Å². The van der Waals surface area contributed by atoms with Gasteiger partial charge in [-0.25, -0.2) is 9.97 Å². The molecule has 140 valence electrons. The van der Waals surface area contributed by atoms with E-state index in [-0.39, 0.29) is 11.9 Å². The summed E-state index contributed by atoms with van der Waals surface area (Å²) in [6.07, 6.45) is 2.03. The van der Waals surface area contributed by atoms with Crippen LogP contribution < -0.4 is 10.2 Å². The minimum atomic E-state index is 0.0216. The molecule has 1 aliphatic heterocycles. The third-order valence-electron chi connectivity index (χ3n) is 5.29. The van der Waals surface area contributed by atoms with Crippen molar-refractivity contribution < 1.29 is 4.79 Å². The van der Waals surface area contributed by atoms with Gasteiger partial charge in [-0.1, -0.05) is 30.3 Å². The molecule has 0 spiro atoms. The summed E-state index contributed by atoms with van der Waals surface area (Å²) >= 11 is 0. The zero-order chi connectivity index (χ0) is 19.0. The van der Waals surface area contributed by atoms with Gasteiger partial charge in [0.15, 0.2) is 5.82 Å². The highest BCUT2D eigenvalue weighted by Gasteiger charge is 2.25. The summed E-state index contributed by atoms with van der Waals surface area (Å²) in [5.74, 6) is 1.70. The van der Waals surface area contributed by atoms with Crippen LogP contribution in [-0.2, 0) is 4.79 Å². The van der Waals surface area contributed by atoms with E-state index in [9.17, 15) is 4.79 Å². The molecular weight excluding hydrogens is 338 g/mol. The van der Waals surface area contributed by atoms with Crippen molar-refractivity contribution in [1.82, 2.24) is 20.3 Å². The van der Waals surface area contributed by atoms with Gasteiger partial charge in [0.2, 0.25) is 5.91 Å². The van der Waals surface area contributed by atoms with Crippen molar-refractivity contribution in [3.63, 3.8) is 0 Å². The van der Waals surface area contributed by atoms with E-state index in [1.165, 1.54) is 5.56 Å². The Kier molecular flexibility index (Phi) is 4.56. The molecule has 3 aromatic rings. The maximum Gasteiger partial charge on any atom is 0.217 e. The normalized spacial score (nSPS) is 17.3. The Bertz CT molecular complexity index is 979. The number of carbonyl (C=O) groups is 1. The number of fused-ring (bicyclic) bond motifs is 1. The van der Waals surface area contributed by atoms with Crippen LogP contribution in [0, 0.1) is 13.8 Å². The number of aromatic nitrogens is 3. The number of aryl methyl sites for hydroxylation is 2. The maximum atomic E-state index is 11.5. The van der Waals surface area contributed by atoms with E-state index >= 15 is 0 Å². The maximum absolute atomic E-state index is 11.5. The summed E-state index contributed by atoms with van der Waals surface area (Å²) in [7, 11) is 0. The van der Waals surface area contributed by atoms with Crippen molar-refractivity contribution in [2.45, 2.75) is 39.7 Å². The molecule has 1 amide bonds. The molecule has 0 bridgehead atoms. The lowest BCUT2D eigenvalue weighted by Gasteiger charge is -2.34. The molecule has 0 saturated carbocycles. The Morgan fingerprint density at radius 3 is 2.74 bits per heavy atom. The van der Waals surface area contributed by atoms with Crippen molar-refractivity contribution in [3.05, 3.63) is 41.6 Å². The summed E-state index contributed by atoms with van der Waals surface area (Å²) in [5.41, 5.74) is 4.17. The Labute approximate surface area is 159 Å². The summed E-state index contributed by atoms with van der Waals surface area (Å²) in [4.78, 5) is 27.0. The molecule has 3 heterocycles. The van der Waals surface area contributed by atoms with Crippen molar-refractivity contribution in [1.29, 1.82) is 0 Å². The number of H-pyrrole nitrogens is 1. The van der Waals surface area contributed by atoms with Crippen LogP contribution in [0.1, 0.15) is 31.0 Å². The van der Waals surface area contributed by atoms with E-state index in [4.69, 9.17) is 9.97 Å². The molecule has 2 aromatic heterocycles. The van der Waals surface area contributed by atoms with Gasteiger partial charge in [-0.3, -0.25) is 4.79 Å². The monoisotopic (exact) mass is 363 g/mol. The molecule has 1 aliphatic rings. The van der Waals surface area contributed by atoms with Gasteiger partial charge in [0, 0.05) is 37.3 Å². The van der Waals surface area contributed by atoms with E-state index < -0.39 is 0 Å². The number of nitrogens with zero attached hydrogens (tertiary/aromatic N) is 3. The predicted octanol–water partition coefficient (Wildman–Crippen LogP) is 3.35. The summed E-state index contributed by atoms with van der Waals surface area (Å²) in [6, 6.07) is 10.2. The molecule has 6 nitrogen and oxygen atoms in total. The average Bonchev–Trinajstić information content (AvgIpc) is 2.95. The van der Waals surface area contributed by atoms with Crippen LogP contribution in [0.2, 0.25) is 0 Å². The van der Waals surface area contributed by atoms with Gasteiger partial charge in [-0.05, 0) is 32.3 Å². The van der Waals surface area contributed by atoms with E-state index in [1.54, 1.807) is 6.92 Å². The standard InChI is InChI=1S/C21H25N5O/c1-13-14(2)22-20-18(13)21(25-19(24-20)16-8-5-4-6-9-16)26-11-7-10-17(12-26)23-15(3)27/h4-6,8-9,17H,7,10-12H2,1-3H3,(H,23,27)(H,22,24,25)/t17-/m1/s1. The second kappa shape index (κ2) is 7.02. The fourth-order valence-corrected chi connectivity index (χ4v) is 3.86. The first-order valence-corrected chi connectivity index (χ1v) is 9.47.